The lowest BCUT2D eigenvalue weighted by atomic mass is 10.2. The Bertz CT molecular complexity index is 400. The van der Waals surface area contributed by atoms with Crippen molar-refractivity contribution in [2.45, 2.75) is 52.2 Å². The number of hydrogen-bond donors (Lipinski definition) is 0. The summed E-state index contributed by atoms with van der Waals surface area (Å²) in [6.07, 6.45) is 1.99. The van der Waals surface area contributed by atoms with Crippen molar-refractivity contribution in [3.8, 4) is 0 Å². The molecule has 1 fully saturated rings. The average molecular weight is 287 g/mol. The van der Waals surface area contributed by atoms with Gasteiger partial charge in [0.05, 0.1) is 12.6 Å². The smallest absolute Gasteiger partial charge is 0.410 e. The third-order valence-electron chi connectivity index (χ3n) is 2.74. The van der Waals surface area contributed by atoms with E-state index in [4.69, 9.17) is 4.74 Å². The van der Waals surface area contributed by atoms with E-state index in [-0.39, 0.29) is 6.61 Å². The Balaban J connectivity index is 2.72. The fraction of sp³-hybridized carbons (Fsp3) is 0.714. The first-order valence-corrected chi connectivity index (χ1v) is 6.78. The van der Waals surface area contributed by atoms with E-state index in [1.807, 2.05) is 0 Å². The molecule has 0 aromatic rings. The second-order valence-corrected chi connectivity index (χ2v) is 5.62. The highest BCUT2D eigenvalue weighted by atomic mass is 19.1. The van der Waals surface area contributed by atoms with Crippen LogP contribution in [0.15, 0.2) is 11.9 Å². The monoisotopic (exact) mass is 287 g/mol. The quantitative estimate of drug-likeness (QED) is 0.591. The lowest BCUT2D eigenvalue weighted by molar-refractivity contribution is -0.140. The van der Waals surface area contributed by atoms with E-state index in [1.165, 1.54) is 4.90 Å². The molecule has 0 N–H and O–H groups in total. The van der Waals surface area contributed by atoms with Crippen LogP contribution in [-0.4, -0.2) is 41.8 Å². The molecule has 1 heterocycles. The third kappa shape index (κ3) is 4.83. The van der Waals surface area contributed by atoms with E-state index in [2.05, 4.69) is 4.74 Å². The summed E-state index contributed by atoms with van der Waals surface area (Å²) in [5.41, 5.74) is -0.604. The molecule has 1 rings (SSSR count). The van der Waals surface area contributed by atoms with Gasteiger partial charge < -0.3 is 14.4 Å². The molecule has 0 aromatic heterocycles. The van der Waals surface area contributed by atoms with Crippen molar-refractivity contribution < 1.29 is 23.5 Å². The molecule has 1 atom stereocenters. The summed E-state index contributed by atoms with van der Waals surface area (Å²) in [7, 11) is 0. The standard InChI is InChI=1S/C14H22FNO4/c1-5-19-12(17)11(15)9-10-7-6-8-16(10)13(18)20-14(2,3)4/h9-10H,5-8H2,1-4H3/b11-9+/t10-/m0/s1. The maximum Gasteiger partial charge on any atom is 0.410 e. The highest BCUT2D eigenvalue weighted by Gasteiger charge is 2.32. The number of nitrogens with zero attached hydrogens (tertiary/aromatic N) is 1. The minimum absolute atomic E-state index is 0.112. The minimum atomic E-state index is -0.997. The van der Waals surface area contributed by atoms with Crippen molar-refractivity contribution in [3.05, 3.63) is 11.9 Å². The molecule has 6 heteroatoms. The molecule has 1 amide bonds. The maximum atomic E-state index is 13.6. The van der Waals surface area contributed by atoms with Gasteiger partial charge in [0.1, 0.15) is 5.60 Å². The molecule has 0 aromatic carbocycles. The average Bonchev–Trinajstić information content (AvgIpc) is 2.75. The molecule has 5 nitrogen and oxygen atoms in total. The van der Waals surface area contributed by atoms with Gasteiger partial charge in [0.25, 0.3) is 0 Å². The summed E-state index contributed by atoms with van der Waals surface area (Å²) < 4.78 is 23.5. The highest BCUT2D eigenvalue weighted by molar-refractivity contribution is 5.86. The first-order chi connectivity index (χ1) is 9.24. The van der Waals surface area contributed by atoms with Gasteiger partial charge in [0, 0.05) is 6.54 Å². The number of amides is 1. The fourth-order valence-electron chi connectivity index (χ4n) is 1.95. The van der Waals surface area contributed by atoms with Gasteiger partial charge >= 0.3 is 12.1 Å². The predicted octanol–water partition coefficient (Wildman–Crippen LogP) is 2.80. The number of ether oxygens (including phenoxy) is 2. The molecular formula is C14H22FNO4. The van der Waals surface area contributed by atoms with Crippen LogP contribution in [0.2, 0.25) is 0 Å². The molecule has 0 radical (unpaired) electrons. The topological polar surface area (TPSA) is 55.8 Å². The zero-order valence-corrected chi connectivity index (χ0v) is 12.4. The molecule has 1 aliphatic heterocycles. The van der Waals surface area contributed by atoms with Crippen LogP contribution in [0.25, 0.3) is 0 Å². The Morgan fingerprint density at radius 2 is 2.05 bits per heavy atom. The van der Waals surface area contributed by atoms with E-state index in [9.17, 15) is 14.0 Å². The predicted molar refractivity (Wildman–Crippen MR) is 71.8 cm³/mol. The van der Waals surface area contributed by atoms with Gasteiger partial charge in [-0.25, -0.2) is 9.59 Å². The summed E-state index contributed by atoms with van der Waals surface area (Å²) in [6, 6.07) is -0.464. The zero-order chi connectivity index (χ0) is 15.3. The molecule has 0 spiro atoms. The molecule has 0 saturated carbocycles. The SMILES string of the molecule is CCOC(=O)/C(F)=C\[C@@H]1CCCN1C(=O)OC(C)(C)C. The number of rotatable bonds is 3. The van der Waals surface area contributed by atoms with Crippen molar-refractivity contribution in [1.29, 1.82) is 0 Å². The van der Waals surface area contributed by atoms with Crippen molar-refractivity contribution in [2.75, 3.05) is 13.2 Å². The third-order valence-corrected chi connectivity index (χ3v) is 2.74. The number of esters is 1. The molecule has 1 aliphatic rings. The van der Waals surface area contributed by atoms with Crippen LogP contribution in [0.3, 0.4) is 0 Å². The number of carbonyl (C=O) groups excluding carboxylic acids is 2. The van der Waals surface area contributed by atoms with E-state index in [1.54, 1.807) is 27.7 Å². The summed E-state index contributed by atoms with van der Waals surface area (Å²) >= 11 is 0. The van der Waals surface area contributed by atoms with Gasteiger partial charge in [0.2, 0.25) is 5.83 Å². The number of likely N-dealkylation sites (tertiary alicyclic amines) is 1. The Kier molecular flexibility index (Phi) is 5.53. The Morgan fingerprint density at radius 1 is 1.40 bits per heavy atom. The van der Waals surface area contributed by atoms with Crippen molar-refractivity contribution >= 4 is 12.1 Å². The van der Waals surface area contributed by atoms with Crippen LogP contribution in [0, 0.1) is 0 Å². The second kappa shape index (κ2) is 6.72. The molecule has 0 aliphatic carbocycles. The lowest BCUT2D eigenvalue weighted by Crippen LogP contribution is -2.39. The number of carbonyl (C=O) groups is 2. The summed E-state index contributed by atoms with van der Waals surface area (Å²) in [5.74, 6) is -1.96. The second-order valence-electron chi connectivity index (χ2n) is 5.62. The van der Waals surface area contributed by atoms with Crippen LogP contribution in [0.5, 0.6) is 0 Å². The molecule has 20 heavy (non-hydrogen) atoms. The van der Waals surface area contributed by atoms with Gasteiger partial charge in [-0.1, -0.05) is 0 Å². The number of hydrogen-bond acceptors (Lipinski definition) is 4. The maximum absolute atomic E-state index is 13.6. The van der Waals surface area contributed by atoms with E-state index in [0.717, 1.165) is 12.5 Å². The summed E-state index contributed by atoms with van der Waals surface area (Å²) in [6.45, 7) is 7.52. The van der Waals surface area contributed by atoms with Gasteiger partial charge in [-0.05, 0) is 46.6 Å². The van der Waals surface area contributed by atoms with E-state index in [0.29, 0.717) is 13.0 Å². The van der Waals surface area contributed by atoms with E-state index < -0.39 is 29.5 Å². The molecule has 0 unspecified atom stereocenters. The van der Waals surface area contributed by atoms with E-state index >= 15 is 0 Å². The van der Waals surface area contributed by atoms with Crippen molar-refractivity contribution in [3.63, 3.8) is 0 Å². The zero-order valence-electron chi connectivity index (χ0n) is 12.4. The van der Waals surface area contributed by atoms with Gasteiger partial charge in [-0.2, -0.15) is 4.39 Å². The van der Waals surface area contributed by atoms with Crippen molar-refractivity contribution in [1.82, 2.24) is 4.90 Å². The highest BCUT2D eigenvalue weighted by Crippen LogP contribution is 2.23. The van der Waals surface area contributed by atoms with Crippen LogP contribution in [0.1, 0.15) is 40.5 Å². The van der Waals surface area contributed by atoms with Crippen LogP contribution >= 0.6 is 0 Å². The largest absolute Gasteiger partial charge is 0.461 e. The summed E-state index contributed by atoms with van der Waals surface area (Å²) in [4.78, 5) is 24.7. The van der Waals surface area contributed by atoms with Crippen LogP contribution in [-0.2, 0) is 14.3 Å². The first kappa shape index (κ1) is 16.5. The molecule has 0 bridgehead atoms. The molecular weight excluding hydrogens is 265 g/mol. The van der Waals surface area contributed by atoms with Gasteiger partial charge in [-0.15, -0.1) is 0 Å². The summed E-state index contributed by atoms with van der Waals surface area (Å²) in [5, 5.41) is 0. The number of halogens is 1. The van der Waals surface area contributed by atoms with Crippen LogP contribution < -0.4 is 0 Å². The molecule has 114 valence electrons. The molecule has 1 saturated heterocycles. The Morgan fingerprint density at radius 3 is 2.60 bits per heavy atom. The first-order valence-electron chi connectivity index (χ1n) is 6.78. The lowest BCUT2D eigenvalue weighted by Gasteiger charge is -2.27. The minimum Gasteiger partial charge on any atom is -0.461 e. The fourth-order valence-corrected chi connectivity index (χ4v) is 1.95. The van der Waals surface area contributed by atoms with Crippen LogP contribution in [0.4, 0.5) is 9.18 Å². The van der Waals surface area contributed by atoms with Gasteiger partial charge in [0.15, 0.2) is 0 Å². The normalized spacial score (nSPS) is 19.9. The Labute approximate surface area is 118 Å². The Hall–Kier alpha value is -1.59. The van der Waals surface area contributed by atoms with Crippen molar-refractivity contribution in [2.24, 2.45) is 0 Å². The van der Waals surface area contributed by atoms with Gasteiger partial charge in [-0.3, -0.25) is 0 Å².